The highest BCUT2D eigenvalue weighted by molar-refractivity contribution is 14.1. The van der Waals surface area contributed by atoms with Crippen molar-refractivity contribution < 1.29 is 28.9 Å². The molecule has 1 heterocycles. The molecule has 1 aliphatic rings. The Morgan fingerprint density at radius 3 is 2.70 bits per heavy atom. The maximum absolute atomic E-state index is 12.1. The van der Waals surface area contributed by atoms with Crippen LogP contribution in [0.25, 0.3) is 6.08 Å². The number of hydrogen-bond acceptors (Lipinski definition) is 6. The molecule has 2 aromatic carbocycles. The van der Waals surface area contributed by atoms with E-state index in [9.17, 15) is 9.59 Å². The van der Waals surface area contributed by atoms with Gasteiger partial charge in [0.2, 0.25) is 5.90 Å². The van der Waals surface area contributed by atoms with Crippen molar-refractivity contribution in [3.8, 4) is 11.5 Å². The zero-order valence-electron chi connectivity index (χ0n) is 14.1. The van der Waals surface area contributed by atoms with E-state index in [1.54, 1.807) is 30.3 Å². The fraction of sp³-hybridized carbons (Fsp3) is 0.105. The van der Waals surface area contributed by atoms with Gasteiger partial charge in [-0.15, -0.1) is 0 Å². The van der Waals surface area contributed by atoms with Crippen LogP contribution >= 0.6 is 22.6 Å². The number of nitrogens with zero attached hydrogens (tertiary/aromatic N) is 1. The first kappa shape index (κ1) is 18.9. The summed E-state index contributed by atoms with van der Waals surface area (Å²) in [6.45, 7) is -0.482. The molecule has 3 rings (SSSR count). The number of hydrogen-bond donors (Lipinski definition) is 1. The molecule has 0 unspecified atom stereocenters. The fourth-order valence-electron chi connectivity index (χ4n) is 2.37. The lowest BCUT2D eigenvalue weighted by Gasteiger charge is -2.12. The molecule has 0 fully saturated rings. The highest BCUT2D eigenvalue weighted by Gasteiger charge is 2.24. The van der Waals surface area contributed by atoms with Crippen LogP contribution < -0.4 is 9.47 Å². The Labute approximate surface area is 168 Å². The van der Waals surface area contributed by atoms with Crippen molar-refractivity contribution >= 4 is 46.5 Å². The van der Waals surface area contributed by atoms with Crippen LogP contribution in [0.2, 0.25) is 0 Å². The van der Waals surface area contributed by atoms with Gasteiger partial charge in [-0.05, 0) is 58.5 Å². The average molecular weight is 479 g/mol. The van der Waals surface area contributed by atoms with Crippen molar-refractivity contribution in [2.75, 3.05) is 13.7 Å². The van der Waals surface area contributed by atoms with Crippen LogP contribution in [-0.2, 0) is 14.3 Å². The van der Waals surface area contributed by atoms with Crippen LogP contribution in [0.15, 0.2) is 53.2 Å². The van der Waals surface area contributed by atoms with Gasteiger partial charge in [-0.3, -0.25) is 0 Å². The van der Waals surface area contributed by atoms with Crippen LogP contribution in [0.1, 0.15) is 11.1 Å². The SMILES string of the molecule is COc1cc(/C=C2/N=C(c3ccccc3)OC2=O)cc(I)c1OCC(=O)O. The molecule has 0 aliphatic carbocycles. The molecule has 0 atom stereocenters. The first-order valence-electron chi connectivity index (χ1n) is 7.78. The van der Waals surface area contributed by atoms with Gasteiger partial charge in [0.1, 0.15) is 0 Å². The van der Waals surface area contributed by atoms with E-state index < -0.39 is 18.5 Å². The molecule has 27 heavy (non-hydrogen) atoms. The van der Waals surface area contributed by atoms with Gasteiger partial charge in [-0.1, -0.05) is 18.2 Å². The van der Waals surface area contributed by atoms with E-state index in [0.29, 0.717) is 26.2 Å². The normalized spacial score (nSPS) is 14.7. The molecule has 0 saturated carbocycles. The van der Waals surface area contributed by atoms with E-state index in [1.165, 1.54) is 7.11 Å². The zero-order chi connectivity index (χ0) is 19.4. The van der Waals surface area contributed by atoms with Gasteiger partial charge in [0.25, 0.3) is 0 Å². The number of ether oxygens (including phenoxy) is 3. The standard InChI is InChI=1S/C19H14INO6/c1-25-15-9-11(7-13(20)17(15)26-10-16(22)23)8-14-19(24)27-18(21-14)12-5-3-2-4-6-12/h2-9H,10H2,1H3,(H,22,23)/b14-8+. The Hall–Kier alpha value is -2.88. The largest absolute Gasteiger partial charge is 0.493 e. The molecule has 7 nitrogen and oxygen atoms in total. The molecule has 1 N–H and O–H groups in total. The van der Waals surface area contributed by atoms with E-state index in [-0.39, 0.29) is 11.6 Å². The monoisotopic (exact) mass is 479 g/mol. The minimum absolute atomic E-state index is 0.158. The lowest BCUT2D eigenvalue weighted by molar-refractivity contribution is -0.139. The third-order valence-corrected chi connectivity index (χ3v) is 4.34. The number of carboxylic acids is 1. The number of carbonyl (C=O) groups is 2. The van der Waals surface area contributed by atoms with Crippen LogP contribution in [0.5, 0.6) is 11.5 Å². The molecule has 8 heteroatoms. The number of rotatable bonds is 6. The quantitative estimate of drug-likeness (QED) is 0.389. The van der Waals surface area contributed by atoms with Gasteiger partial charge in [0, 0.05) is 5.56 Å². The minimum Gasteiger partial charge on any atom is -0.493 e. The van der Waals surface area contributed by atoms with Crippen molar-refractivity contribution in [3.05, 3.63) is 62.9 Å². The van der Waals surface area contributed by atoms with Crippen molar-refractivity contribution in [3.63, 3.8) is 0 Å². The molecule has 0 saturated heterocycles. The summed E-state index contributed by atoms with van der Waals surface area (Å²) >= 11 is 2.01. The molecule has 1 aliphatic heterocycles. The lowest BCUT2D eigenvalue weighted by Crippen LogP contribution is -2.11. The Kier molecular flexibility index (Phi) is 5.75. The second-order valence-corrected chi connectivity index (χ2v) is 6.58. The number of halogens is 1. The summed E-state index contributed by atoms with van der Waals surface area (Å²) < 4.78 is 16.4. The Morgan fingerprint density at radius 2 is 2.04 bits per heavy atom. The number of esters is 1. The van der Waals surface area contributed by atoms with Crippen molar-refractivity contribution in [1.29, 1.82) is 0 Å². The van der Waals surface area contributed by atoms with Crippen molar-refractivity contribution in [2.24, 2.45) is 4.99 Å². The third kappa shape index (κ3) is 4.45. The highest BCUT2D eigenvalue weighted by Crippen LogP contribution is 2.35. The Morgan fingerprint density at radius 1 is 1.30 bits per heavy atom. The van der Waals surface area contributed by atoms with Gasteiger partial charge >= 0.3 is 11.9 Å². The van der Waals surface area contributed by atoms with Crippen molar-refractivity contribution in [2.45, 2.75) is 0 Å². The predicted octanol–water partition coefficient (Wildman–Crippen LogP) is 3.11. The number of methoxy groups -OCH3 is 1. The van der Waals surface area contributed by atoms with Crippen molar-refractivity contribution in [1.82, 2.24) is 0 Å². The third-order valence-electron chi connectivity index (χ3n) is 3.54. The summed E-state index contributed by atoms with van der Waals surface area (Å²) in [6, 6.07) is 12.5. The minimum atomic E-state index is -1.09. The van der Waals surface area contributed by atoms with Gasteiger partial charge in [-0.2, -0.15) is 0 Å². The van der Waals surface area contributed by atoms with Crippen LogP contribution in [0, 0.1) is 3.57 Å². The summed E-state index contributed by atoms with van der Waals surface area (Å²) in [6.07, 6.45) is 1.57. The predicted molar refractivity (Wildman–Crippen MR) is 106 cm³/mol. The highest BCUT2D eigenvalue weighted by atomic mass is 127. The summed E-state index contributed by atoms with van der Waals surface area (Å²) in [7, 11) is 1.45. The first-order chi connectivity index (χ1) is 13.0. The Bertz CT molecular complexity index is 952. The molecule has 0 bridgehead atoms. The van der Waals surface area contributed by atoms with E-state index >= 15 is 0 Å². The second kappa shape index (κ2) is 8.21. The van der Waals surface area contributed by atoms with E-state index in [2.05, 4.69) is 4.99 Å². The molecule has 138 valence electrons. The van der Waals surface area contributed by atoms with Gasteiger partial charge in [0.15, 0.2) is 23.8 Å². The molecule has 0 amide bonds. The average Bonchev–Trinajstić information content (AvgIpc) is 3.01. The van der Waals surface area contributed by atoms with Gasteiger partial charge in [0.05, 0.1) is 10.7 Å². The van der Waals surface area contributed by atoms with E-state index in [4.69, 9.17) is 19.3 Å². The van der Waals surface area contributed by atoms with E-state index in [1.807, 2.05) is 40.8 Å². The van der Waals surface area contributed by atoms with E-state index in [0.717, 1.165) is 0 Å². The number of carbonyl (C=O) groups excluding carboxylic acids is 1. The lowest BCUT2D eigenvalue weighted by atomic mass is 10.1. The number of benzene rings is 2. The molecule has 0 spiro atoms. The number of aliphatic imine (C=N–C) groups is 1. The van der Waals surface area contributed by atoms with Gasteiger partial charge < -0.3 is 19.3 Å². The summed E-state index contributed by atoms with van der Waals surface area (Å²) in [5.41, 5.74) is 1.51. The Balaban J connectivity index is 1.92. The summed E-state index contributed by atoms with van der Waals surface area (Å²) in [5, 5.41) is 8.78. The number of carboxylic acid groups (broad SMARTS) is 1. The van der Waals surface area contributed by atoms with Crippen LogP contribution in [0.3, 0.4) is 0 Å². The second-order valence-electron chi connectivity index (χ2n) is 5.42. The van der Waals surface area contributed by atoms with Crippen LogP contribution in [-0.4, -0.2) is 36.7 Å². The molecule has 2 aromatic rings. The molecule has 0 radical (unpaired) electrons. The maximum Gasteiger partial charge on any atom is 0.363 e. The topological polar surface area (TPSA) is 94.4 Å². The van der Waals surface area contributed by atoms with Gasteiger partial charge in [-0.25, -0.2) is 14.6 Å². The smallest absolute Gasteiger partial charge is 0.363 e. The molecular formula is C19H14INO6. The van der Waals surface area contributed by atoms with Crippen LogP contribution in [0.4, 0.5) is 0 Å². The first-order valence-corrected chi connectivity index (χ1v) is 8.86. The molecular weight excluding hydrogens is 465 g/mol. The maximum atomic E-state index is 12.1. The summed E-state index contributed by atoms with van der Waals surface area (Å²) in [5.74, 6) is -0.710. The number of aliphatic carboxylic acids is 1. The fourth-order valence-corrected chi connectivity index (χ4v) is 3.15. The zero-order valence-corrected chi connectivity index (χ0v) is 16.3. The number of cyclic esters (lactones) is 1. The summed E-state index contributed by atoms with van der Waals surface area (Å²) in [4.78, 5) is 27.1. The molecule has 0 aromatic heterocycles.